The van der Waals surface area contributed by atoms with Crippen LogP contribution in [-0.2, 0) is 6.54 Å². The molecule has 0 unspecified atom stereocenters. The predicted octanol–water partition coefficient (Wildman–Crippen LogP) is 2.70. The van der Waals surface area contributed by atoms with Crippen LogP contribution in [0.3, 0.4) is 0 Å². The standard InChI is InChI=1S/C11H11BrN2O3/c1-15-8-2-3-10(9(12)4-8)17-11-14-7(5-13)6-16-11/h2-4,6H,5,13H2,1H3. The number of benzene rings is 1. The van der Waals surface area contributed by atoms with Gasteiger partial charge in [-0.25, -0.2) is 0 Å². The van der Waals surface area contributed by atoms with E-state index in [1.54, 1.807) is 25.3 Å². The lowest BCUT2D eigenvalue weighted by Crippen LogP contribution is -1.96. The number of nitrogens with zero attached hydrogens (tertiary/aromatic N) is 1. The van der Waals surface area contributed by atoms with E-state index >= 15 is 0 Å². The smallest absolute Gasteiger partial charge is 0.399 e. The van der Waals surface area contributed by atoms with E-state index in [1.165, 1.54) is 6.26 Å². The minimum Gasteiger partial charge on any atom is -0.497 e. The second-order valence-corrected chi connectivity index (χ2v) is 4.06. The van der Waals surface area contributed by atoms with Crippen LogP contribution in [0.5, 0.6) is 17.6 Å². The minimum atomic E-state index is 0.163. The highest BCUT2D eigenvalue weighted by molar-refractivity contribution is 9.10. The molecule has 1 heterocycles. The van der Waals surface area contributed by atoms with Gasteiger partial charge in [0, 0.05) is 6.54 Å². The molecule has 0 saturated carbocycles. The first-order valence-electron chi connectivity index (χ1n) is 4.89. The number of methoxy groups -OCH3 is 1. The van der Waals surface area contributed by atoms with Gasteiger partial charge in [-0.05, 0) is 34.1 Å². The Hall–Kier alpha value is -1.53. The van der Waals surface area contributed by atoms with E-state index < -0.39 is 0 Å². The van der Waals surface area contributed by atoms with Crippen molar-refractivity contribution in [2.75, 3.05) is 7.11 Å². The van der Waals surface area contributed by atoms with Crippen molar-refractivity contribution in [3.63, 3.8) is 0 Å². The van der Waals surface area contributed by atoms with Crippen LogP contribution in [-0.4, -0.2) is 12.1 Å². The second kappa shape index (κ2) is 5.20. The molecule has 0 aliphatic carbocycles. The first-order chi connectivity index (χ1) is 8.22. The summed E-state index contributed by atoms with van der Waals surface area (Å²) in [4.78, 5) is 4.04. The Morgan fingerprint density at radius 1 is 1.47 bits per heavy atom. The SMILES string of the molecule is COc1ccc(Oc2nc(CN)co2)c(Br)c1. The third-order valence-corrected chi connectivity index (χ3v) is 2.70. The molecule has 0 aliphatic rings. The molecule has 0 atom stereocenters. The van der Waals surface area contributed by atoms with Gasteiger partial charge in [0.1, 0.15) is 17.8 Å². The van der Waals surface area contributed by atoms with E-state index in [4.69, 9.17) is 19.6 Å². The highest BCUT2D eigenvalue weighted by Gasteiger charge is 2.08. The van der Waals surface area contributed by atoms with E-state index in [1.807, 2.05) is 0 Å². The van der Waals surface area contributed by atoms with Crippen LogP contribution < -0.4 is 15.2 Å². The largest absolute Gasteiger partial charge is 0.497 e. The summed E-state index contributed by atoms with van der Waals surface area (Å²) in [6.45, 7) is 0.316. The molecule has 0 fully saturated rings. The van der Waals surface area contributed by atoms with Crippen molar-refractivity contribution in [1.82, 2.24) is 4.98 Å². The summed E-state index contributed by atoms with van der Waals surface area (Å²) in [5.41, 5.74) is 6.06. The third kappa shape index (κ3) is 2.78. The summed E-state index contributed by atoms with van der Waals surface area (Å²) in [5.74, 6) is 1.33. The van der Waals surface area contributed by atoms with E-state index in [9.17, 15) is 0 Å². The number of rotatable bonds is 4. The topological polar surface area (TPSA) is 70.5 Å². The maximum Gasteiger partial charge on any atom is 0.399 e. The van der Waals surface area contributed by atoms with Gasteiger partial charge in [-0.2, -0.15) is 4.98 Å². The highest BCUT2D eigenvalue weighted by atomic mass is 79.9. The molecule has 0 radical (unpaired) electrons. The van der Waals surface area contributed by atoms with Crippen LogP contribution in [0.1, 0.15) is 5.69 Å². The quantitative estimate of drug-likeness (QED) is 0.940. The fourth-order valence-corrected chi connectivity index (χ4v) is 1.65. The zero-order chi connectivity index (χ0) is 12.3. The lowest BCUT2D eigenvalue weighted by atomic mass is 10.3. The molecule has 2 rings (SSSR count). The number of hydrogen-bond acceptors (Lipinski definition) is 5. The number of hydrogen-bond donors (Lipinski definition) is 1. The summed E-state index contributed by atoms with van der Waals surface area (Å²) in [5, 5.41) is 0. The maximum absolute atomic E-state index is 5.46. The van der Waals surface area contributed by atoms with Crippen LogP contribution in [0.2, 0.25) is 0 Å². The van der Waals surface area contributed by atoms with Crippen molar-refractivity contribution in [2.24, 2.45) is 5.73 Å². The van der Waals surface area contributed by atoms with E-state index in [-0.39, 0.29) is 6.08 Å². The molecule has 1 aromatic carbocycles. The van der Waals surface area contributed by atoms with Gasteiger partial charge in [0.25, 0.3) is 0 Å². The number of nitrogens with two attached hydrogens (primary N) is 1. The van der Waals surface area contributed by atoms with Gasteiger partial charge < -0.3 is 19.6 Å². The van der Waals surface area contributed by atoms with E-state index in [0.717, 1.165) is 10.2 Å². The molecule has 0 saturated heterocycles. The van der Waals surface area contributed by atoms with Crippen molar-refractivity contribution in [2.45, 2.75) is 6.54 Å². The number of oxazole rings is 1. The van der Waals surface area contributed by atoms with Crippen molar-refractivity contribution >= 4 is 15.9 Å². The molecule has 2 aromatic rings. The summed E-state index contributed by atoms with van der Waals surface area (Å²) in [6.07, 6.45) is 1.63. The van der Waals surface area contributed by atoms with Crippen molar-refractivity contribution in [1.29, 1.82) is 0 Å². The normalized spacial score (nSPS) is 10.3. The molecule has 0 spiro atoms. The zero-order valence-electron chi connectivity index (χ0n) is 9.14. The Kier molecular flexibility index (Phi) is 3.65. The van der Waals surface area contributed by atoms with Crippen molar-refractivity contribution in [3.05, 3.63) is 34.6 Å². The lowest BCUT2D eigenvalue weighted by Gasteiger charge is -2.05. The summed E-state index contributed by atoms with van der Waals surface area (Å²) >= 11 is 3.37. The molecular formula is C11H11BrN2O3. The summed E-state index contributed by atoms with van der Waals surface area (Å²) < 4.78 is 16.4. The Balaban J connectivity index is 2.18. The van der Waals surface area contributed by atoms with E-state index in [0.29, 0.717) is 18.0 Å². The molecule has 2 N–H and O–H groups in total. The Morgan fingerprint density at radius 2 is 2.29 bits per heavy atom. The Labute approximate surface area is 107 Å². The highest BCUT2D eigenvalue weighted by Crippen LogP contribution is 2.32. The van der Waals surface area contributed by atoms with Crippen LogP contribution in [0.4, 0.5) is 0 Å². The molecular weight excluding hydrogens is 288 g/mol. The molecule has 17 heavy (non-hydrogen) atoms. The maximum atomic E-state index is 5.46. The number of aromatic nitrogens is 1. The molecule has 0 aliphatic heterocycles. The van der Waals surface area contributed by atoms with Gasteiger partial charge in [-0.1, -0.05) is 0 Å². The molecule has 0 amide bonds. The van der Waals surface area contributed by atoms with Crippen LogP contribution in [0, 0.1) is 0 Å². The summed E-state index contributed by atoms with van der Waals surface area (Å²) in [7, 11) is 1.60. The number of halogens is 1. The van der Waals surface area contributed by atoms with Gasteiger partial charge >= 0.3 is 6.08 Å². The Morgan fingerprint density at radius 3 is 2.88 bits per heavy atom. The van der Waals surface area contributed by atoms with Crippen LogP contribution in [0.25, 0.3) is 0 Å². The minimum absolute atomic E-state index is 0.163. The van der Waals surface area contributed by atoms with Gasteiger partial charge in [0.05, 0.1) is 17.3 Å². The monoisotopic (exact) mass is 298 g/mol. The molecule has 0 bridgehead atoms. The first-order valence-corrected chi connectivity index (χ1v) is 5.68. The first kappa shape index (κ1) is 11.9. The van der Waals surface area contributed by atoms with E-state index in [2.05, 4.69) is 20.9 Å². The van der Waals surface area contributed by atoms with Crippen molar-refractivity contribution in [3.8, 4) is 17.6 Å². The third-order valence-electron chi connectivity index (χ3n) is 2.08. The number of ether oxygens (including phenoxy) is 2. The second-order valence-electron chi connectivity index (χ2n) is 3.21. The Bertz CT molecular complexity index is 513. The molecule has 1 aromatic heterocycles. The lowest BCUT2D eigenvalue weighted by molar-refractivity contribution is 0.328. The van der Waals surface area contributed by atoms with Gasteiger partial charge in [-0.15, -0.1) is 0 Å². The fourth-order valence-electron chi connectivity index (χ4n) is 1.21. The van der Waals surface area contributed by atoms with Crippen molar-refractivity contribution < 1.29 is 13.9 Å². The van der Waals surface area contributed by atoms with Gasteiger partial charge in [0.15, 0.2) is 0 Å². The zero-order valence-corrected chi connectivity index (χ0v) is 10.7. The molecule has 5 nitrogen and oxygen atoms in total. The van der Waals surface area contributed by atoms with Gasteiger partial charge in [-0.3, -0.25) is 0 Å². The molecule has 6 heteroatoms. The molecule has 90 valence electrons. The summed E-state index contributed by atoms with van der Waals surface area (Å²) in [6, 6.07) is 5.34. The average molecular weight is 299 g/mol. The average Bonchev–Trinajstić information content (AvgIpc) is 2.79. The fraction of sp³-hybridized carbons (Fsp3) is 0.182. The van der Waals surface area contributed by atoms with Crippen LogP contribution >= 0.6 is 15.9 Å². The predicted molar refractivity (Wildman–Crippen MR) is 65.2 cm³/mol. The van der Waals surface area contributed by atoms with Crippen LogP contribution in [0.15, 0.2) is 33.4 Å². The van der Waals surface area contributed by atoms with Gasteiger partial charge in [0.2, 0.25) is 0 Å².